The number of hydrogen-bond acceptors (Lipinski definition) is 4. The summed E-state index contributed by atoms with van der Waals surface area (Å²) in [5.41, 5.74) is 2.12. The van der Waals surface area contributed by atoms with Crippen LogP contribution in [0.5, 0.6) is 5.75 Å². The maximum atomic E-state index is 12.9. The zero-order valence-electron chi connectivity index (χ0n) is 16.5. The summed E-state index contributed by atoms with van der Waals surface area (Å²) >= 11 is 0. The lowest BCUT2D eigenvalue weighted by molar-refractivity contribution is 0.0746. The molecule has 6 heteroatoms. The molecule has 0 spiro atoms. The van der Waals surface area contributed by atoms with Gasteiger partial charge in [0.05, 0.1) is 12.8 Å². The molecule has 148 valence electrons. The Balaban J connectivity index is 1.65. The Labute approximate surface area is 166 Å². The van der Waals surface area contributed by atoms with Gasteiger partial charge in [-0.25, -0.2) is 0 Å². The van der Waals surface area contributed by atoms with Gasteiger partial charge in [0.2, 0.25) is 0 Å². The molecule has 0 aliphatic carbocycles. The molecule has 2 aromatic carbocycles. The van der Waals surface area contributed by atoms with Crippen molar-refractivity contribution in [1.29, 1.82) is 0 Å². The molecule has 0 aromatic heterocycles. The third-order valence-corrected chi connectivity index (χ3v) is 4.90. The van der Waals surface area contributed by atoms with Crippen LogP contribution in [0.15, 0.2) is 48.5 Å². The van der Waals surface area contributed by atoms with Gasteiger partial charge in [-0.05, 0) is 36.8 Å². The van der Waals surface area contributed by atoms with Crippen LogP contribution in [0.3, 0.4) is 0 Å². The number of amides is 2. The monoisotopic (exact) mass is 381 g/mol. The number of benzene rings is 2. The molecule has 1 heterocycles. The highest BCUT2D eigenvalue weighted by Gasteiger charge is 2.24. The summed E-state index contributed by atoms with van der Waals surface area (Å²) in [6.07, 6.45) is 0.876. The van der Waals surface area contributed by atoms with Crippen molar-refractivity contribution in [2.45, 2.75) is 13.3 Å². The molecule has 0 radical (unpaired) electrons. The fourth-order valence-corrected chi connectivity index (χ4v) is 3.36. The van der Waals surface area contributed by atoms with Crippen molar-refractivity contribution in [3.05, 3.63) is 59.7 Å². The van der Waals surface area contributed by atoms with Crippen LogP contribution in [-0.2, 0) is 0 Å². The van der Waals surface area contributed by atoms with Crippen LogP contribution in [0.2, 0.25) is 0 Å². The Bertz CT molecular complexity index is 829. The number of anilines is 1. The molecule has 0 unspecified atom stereocenters. The maximum absolute atomic E-state index is 12.9. The predicted octanol–water partition coefficient (Wildman–Crippen LogP) is 2.80. The Hall–Kier alpha value is -3.02. The average Bonchev–Trinajstić information content (AvgIpc) is 2.77. The van der Waals surface area contributed by atoms with Crippen LogP contribution >= 0.6 is 0 Å². The molecular weight excluding hydrogens is 354 g/mol. The highest BCUT2D eigenvalue weighted by molar-refractivity contribution is 5.99. The number of piperazine rings is 1. The van der Waals surface area contributed by atoms with Gasteiger partial charge in [0, 0.05) is 43.9 Å². The second-order valence-corrected chi connectivity index (χ2v) is 6.79. The SMILES string of the molecule is CCCNC(=O)c1cccc(C(=O)N2CCN(c3ccccc3OC)CC2)c1. The van der Waals surface area contributed by atoms with E-state index in [1.807, 2.05) is 36.1 Å². The molecule has 1 aliphatic rings. The van der Waals surface area contributed by atoms with Crippen molar-refractivity contribution >= 4 is 17.5 Å². The highest BCUT2D eigenvalue weighted by atomic mass is 16.5. The Morgan fingerprint density at radius 3 is 2.43 bits per heavy atom. The average molecular weight is 381 g/mol. The summed E-state index contributed by atoms with van der Waals surface area (Å²) in [6.45, 7) is 5.37. The first kappa shape index (κ1) is 19.7. The minimum Gasteiger partial charge on any atom is -0.495 e. The van der Waals surface area contributed by atoms with E-state index < -0.39 is 0 Å². The van der Waals surface area contributed by atoms with Gasteiger partial charge in [0.15, 0.2) is 0 Å². The van der Waals surface area contributed by atoms with Gasteiger partial charge in [-0.3, -0.25) is 9.59 Å². The number of rotatable bonds is 6. The number of carbonyl (C=O) groups excluding carboxylic acids is 2. The molecule has 3 rings (SSSR count). The molecule has 6 nitrogen and oxygen atoms in total. The smallest absolute Gasteiger partial charge is 0.253 e. The molecule has 1 fully saturated rings. The molecule has 2 aromatic rings. The van der Waals surface area contributed by atoms with E-state index in [-0.39, 0.29) is 11.8 Å². The normalized spacial score (nSPS) is 13.9. The molecule has 0 atom stereocenters. The highest BCUT2D eigenvalue weighted by Crippen LogP contribution is 2.28. The van der Waals surface area contributed by atoms with Crippen molar-refractivity contribution in [2.75, 3.05) is 44.7 Å². The Morgan fingerprint density at radius 1 is 1.00 bits per heavy atom. The largest absolute Gasteiger partial charge is 0.495 e. The van der Waals surface area contributed by atoms with Gasteiger partial charge in [-0.15, -0.1) is 0 Å². The molecule has 1 N–H and O–H groups in total. The maximum Gasteiger partial charge on any atom is 0.253 e. The van der Waals surface area contributed by atoms with E-state index in [2.05, 4.69) is 10.2 Å². The zero-order valence-corrected chi connectivity index (χ0v) is 16.5. The molecule has 28 heavy (non-hydrogen) atoms. The molecule has 0 bridgehead atoms. The van der Waals surface area contributed by atoms with E-state index in [0.717, 1.165) is 30.9 Å². The number of nitrogens with zero attached hydrogens (tertiary/aromatic N) is 2. The summed E-state index contributed by atoms with van der Waals surface area (Å²) in [4.78, 5) is 29.1. The lowest BCUT2D eigenvalue weighted by Crippen LogP contribution is -2.48. The van der Waals surface area contributed by atoms with Crippen molar-refractivity contribution in [3.63, 3.8) is 0 Å². The Kier molecular flexibility index (Phi) is 6.53. The van der Waals surface area contributed by atoms with Crippen molar-refractivity contribution in [2.24, 2.45) is 0 Å². The Morgan fingerprint density at radius 2 is 1.71 bits per heavy atom. The zero-order chi connectivity index (χ0) is 19.9. The van der Waals surface area contributed by atoms with Crippen LogP contribution in [0, 0.1) is 0 Å². The van der Waals surface area contributed by atoms with Crippen LogP contribution in [0.4, 0.5) is 5.69 Å². The number of methoxy groups -OCH3 is 1. The van der Waals surface area contributed by atoms with Crippen molar-refractivity contribution in [3.8, 4) is 5.75 Å². The van der Waals surface area contributed by atoms with E-state index >= 15 is 0 Å². The first-order valence-corrected chi connectivity index (χ1v) is 9.69. The fraction of sp³-hybridized carbons (Fsp3) is 0.364. The van der Waals surface area contributed by atoms with E-state index in [4.69, 9.17) is 4.74 Å². The number of para-hydroxylation sites is 2. The van der Waals surface area contributed by atoms with E-state index in [1.54, 1.807) is 31.4 Å². The van der Waals surface area contributed by atoms with Gasteiger partial charge < -0.3 is 19.9 Å². The van der Waals surface area contributed by atoms with Crippen molar-refractivity contribution < 1.29 is 14.3 Å². The minimum atomic E-state index is -0.141. The van der Waals surface area contributed by atoms with Gasteiger partial charge in [0.25, 0.3) is 11.8 Å². The van der Waals surface area contributed by atoms with E-state index in [1.165, 1.54) is 0 Å². The number of carbonyl (C=O) groups is 2. The van der Waals surface area contributed by atoms with Crippen LogP contribution in [0.1, 0.15) is 34.1 Å². The summed E-state index contributed by atoms with van der Waals surface area (Å²) < 4.78 is 5.45. The second kappa shape index (κ2) is 9.26. The van der Waals surface area contributed by atoms with Crippen LogP contribution in [0.25, 0.3) is 0 Å². The number of nitrogens with one attached hydrogen (secondary N) is 1. The molecular formula is C22H27N3O3. The fourth-order valence-electron chi connectivity index (χ4n) is 3.36. The molecule has 1 saturated heterocycles. The summed E-state index contributed by atoms with van der Waals surface area (Å²) in [7, 11) is 1.67. The van der Waals surface area contributed by atoms with Crippen LogP contribution < -0.4 is 15.0 Å². The van der Waals surface area contributed by atoms with Gasteiger partial charge in [-0.1, -0.05) is 25.1 Å². The lowest BCUT2D eigenvalue weighted by atomic mass is 10.1. The summed E-state index contributed by atoms with van der Waals surface area (Å²) in [5.74, 6) is 0.662. The molecule has 1 aliphatic heterocycles. The number of hydrogen-bond donors (Lipinski definition) is 1. The summed E-state index contributed by atoms with van der Waals surface area (Å²) in [6, 6.07) is 14.9. The molecule has 2 amide bonds. The van der Waals surface area contributed by atoms with E-state index in [0.29, 0.717) is 30.8 Å². The van der Waals surface area contributed by atoms with Crippen molar-refractivity contribution in [1.82, 2.24) is 10.2 Å². The van der Waals surface area contributed by atoms with Gasteiger partial charge >= 0.3 is 0 Å². The number of ether oxygens (including phenoxy) is 1. The summed E-state index contributed by atoms with van der Waals surface area (Å²) in [5, 5.41) is 2.85. The third-order valence-electron chi connectivity index (χ3n) is 4.90. The first-order valence-electron chi connectivity index (χ1n) is 9.69. The molecule has 0 saturated carbocycles. The predicted molar refractivity (Wildman–Crippen MR) is 110 cm³/mol. The first-order chi connectivity index (χ1) is 13.6. The third kappa shape index (κ3) is 4.44. The van der Waals surface area contributed by atoms with Gasteiger partial charge in [0.1, 0.15) is 5.75 Å². The standard InChI is InChI=1S/C22H27N3O3/c1-3-11-23-21(26)17-7-6-8-18(16-17)22(27)25-14-12-24(13-15-25)19-9-4-5-10-20(19)28-2/h4-10,16H,3,11-15H2,1-2H3,(H,23,26). The minimum absolute atomic E-state index is 0.0372. The van der Waals surface area contributed by atoms with Gasteiger partial charge in [-0.2, -0.15) is 0 Å². The van der Waals surface area contributed by atoms with Crippen LogP contribution in [-0.4, -0.2) is 56.5 Å². The van der Waals surface area contributed by atoms with E-state index in [9.17, 15) is 9.59 Å². The lowest BCUT2D eigenvalue weighted by Gasteiger charge is -2.36. The second-order valence-electron chi connectivity index (χ2n) is 6.79. The quantitative estimate of drug-likeness (QED) is 0.836. The topological polar surface area (TPSA) is 61.9 Å².